The van der Waals surface area contributed by atoms with Gasteiger partial charge in [-0.1, -0.05) is 51.3 Å². The maximum absolute atomic E-state index is 13.8. The Balaban J connectivity index is 1.81. The van der Waals surface area contributed by atoms with E-state index >= 15 is 0 Å². The molecule has 0 spiro atoms. The molecule has 3 aromatic rings. The van der Waals surface area contributed by atoms with E-state index in [-0.39, 0.29) is 17.1 Å². The predicted octanol–water partition coefficient (Wildman–Crippen LogP) is 6.30. The van der Waals surface area contributed by atoms with E-state index in [0.29, 0.717) is 59.4 Å². The van der Waals surface area contributed by atoms with Gasteiger partial charge in [0.05, 0.1) is 30.2 Å². The van der Waals surface area contributed by atoms with Gasteiger partial charge < -0.3 is 23.7 Å². The number of likely N-dealkylation sites (N-methyl/N-ethyl adjacent to an activating group) is 1. The smallest absolute Gasteiger partial charge is 0.290 e. The van der Waals surface area contributed by atoms with Crippen LogP contribution in [0.3, 0.4) is 0 Å². The lowest BCUT2D eigenvalue weighted by atomic mass is 9.98. The van der Waals surface area contributed by atoms with E-state index < -0.39 is 6.04 Å². The zero-order valence-corrected chi connectivity index (χ0v) is 23.5. The number of ether oxygens (including phenoxy) is 2. The Labute approximate surface area is 229 Å². The topological polar surface area (TPSA) is 72.2 Å². The summed E-state index contributed by atoms with van der Waals surface area (Å²) in [6.45, 7) is 12.2. The van der Waals surface area contributed by atoms with Crippen LogP contribution < -0.4 is 14.9 Å². The third-order valence-corrected chi connectivity index (χ3v) is 7.30. The van der Waals surface area contributed by atoms with E-state index in [1.165, 1.54) is 0 Å². The molecule has 2 heterocycles. The lowest BCUT2D eigenvalue weighted by molar-refractivity contribution is 0.0708. The second-order valence-electron chi connectivity index (χ2n) is 9.44. The van der Waals surface area contributed by atoms with Gasteiger partial charge in [-0.05, 0) is 62.3 Å². The summed E-state index contributed by atoms with van der Waals surface area (Å²) >= 11 is 6.21. The van der Waals surface area contributed by atoms with Crippen molar-refractivity contribution in [2.45, 2.75) is 53.0 Å². The second kappa shape index (κ2) is 12.7. The van der Waals surface area contributed by atoms with Crippen molar-refractivity contribution < 1.29 is 18.7 Å². The molecular weight excluding hydrogens is 504 g/mol. The van der Waals surface area contributed by atoms with Gasteiger partial charge in [0.15, 0.2) is 16.9 Å². The Morgan fingerprint density at radius 1 is 0.974 bits per heavy atom. The highest BCUT2D eigenvalue weighted by atomic mass is 35.5. The summed E-state index contributed by atoms with van der Waals surface area (Å²) in [6, 6.07) is 9.95. The van der Waals surface area contributed by atoms with Crippen LogP contribution in [-0.4, -0.2) is 55.1 Å². The molecule has 38 heavy (non-hydrogen) atoms. The Hall–Kier alpha value is -3.03. The molecule has 0 radical (unpaired) electrons. The van der Waals surface area contributed by atoms with Gasteiger partial charge in [-0.25, -0.2) is 0 Å². The highest BCUT2D eigenvalue weighted by Gasteiger charge is 2.43. The summed E-state index contributed by atoms with van der Waals surface area (Å²) in [5.74, 6) is 1.05. The normalized spacial score (nSPS) is 14.9. The van der Waals surface area contributed by atoms with Gasteiger partial charge in [-0.2, -0.15) is 0 Å². The first-order chi connectivity index (χ1) is 18.4. The molecule has 0 aliphatic carbocycles. The van der Waals surface area contributed by atoms with Crippen molar-refractivity contribution in [1.82, 2.24) is 9.80 Å². The van der Waals surface area contributed by atoms with E-state index in [1.54, 1.807) is 23.1 Å². The molecule has 0 N–H and O–H groups in total. The number of hydrogen-bond acceptors (Lipinski definition) is 6. The van der Waals surface area contributed by atoms with E-state index in [4.69, 9.17) is 25.5 Å². The van der Waals surface area contributed by atoms with E-state index in [1.807, 2.05) is 25.1 Å². The molecule has 0 bridgehead atoms. The Bertz CT molecular complexity index is 1330. The van der Waals surface area contributed by atoms with E-state index in [9.17, 15) is 9.59 Å². The molecule has 1 aliphatic rings. The number of unbranched alkanes of at least 4 members (excludes halogenated alkanes) is 2. The number of carbonyl (C=O) groups is 1. The average Bonchev–Trinajstić information content (AvgIpc) is 3.20. The number of fused-ring (bicyclic) bond motifs is 2. The molecule has 1 unspecified atom stereocenters. The molecular formula is C30H37ClN2O5. The quantitative estimate of drug-likeness (QED) is 0.237. The Morgan fingerprint density at radius 2 is 1.76 bits per heavy atom. The number of amides is 1. The minimum atomic E-state index is -0.610. The van der Waals surface area contributed by atoms with Crippen LogP contribution in [0.25, 0.3) is 11.0 Å². The number of hydrogen-bond donors (Lipinski definition) is 0. The Morgan fingerprint density at radius 3 is 2.47 bits per heavy atom. The molecule has 1 amide bonds. The molecule has 8 heteroatoms. The molecule has 0 saturated carbocycles. The zero-order chi connectivity index (χ0) is 27.2. The van der Waals surface area contributed by atoms with Crippen LogP contribution in [0.4, 0.5) is 0 Å². The van der Waals surface area contributed by atoms with Crippen LogP contribution in [0.15, 0.2) is 45.6 Å². The summed E-state index contributed by atoms with van der Waals surface area (Å²) in [5.41, 5.74) is 1.21. The summed E-state index contributed by atoms with van der Waals surface area (Å²) in [5, 5.41) is 0.799. The monoisotopic (exact) mass is 540 g/mol. The van der Waals surface area contributed by atoms with Crippen molar-refractivity contribution in [2.24, 2.45) is 0 Å². The fourth-order valence-corrected chi connectivity index (χ4v) is 5.15. The standard InChI is InChI=1S/C30H37ClN2O5/c1-5-9-10-17-37-24-13-11-20(18-25(24)36-8-4)27-26-28(34)22-19-21(31)12-14-23(22)38-29(26)30(35)33(27)16-15-32(6-2)7-3/h11-14,18-19,27H,5-10,15-17H2,1-4H3. The lowest BCUT2D eigenvalue weighted by Crippen LogP contribution is -2.37. The maximum atomic E-state index is 13.8. The molecule has 1 aromatic heterocycles. The highest BCUT2D eigenvalue weighted by molar-refractivity contribution is 6.31. The lowest BCUT2D eigenvalue weighted by Gasteiger charge is -2.28. The number of benzene rings is 2. The molecule has 1 atom stereocenters. The van der Waals surface area contributed by atoms with Crippen molar-refractivity contribution >= 4 is 28.5 Å². The van der Waals surface area contributed by atoms with Crippen LogP contribution >= 0.6 is 11.6 Å². The summed E-state index contributed by atoms with van der Waals surface area (Å²) in [6.07, 6.45) is 3.17. The third kappa shape index (κ3) is 5.69. The van der Waals surface area contributed by atoms with E-state index in [2.05, 4.69) is 25.7 Å². The summed E-state index contributed by atoms with van der Waals surface area (Å²) in [4.78, 5) is 31.5. The second-order valence-corrected chi connectivity index (χ2v) is 9.87. The van der Waals surface area contributed by atoms with Crippen LogP contribution in [0.5, 0.6) is 11.5 Å². The van der Waals surface area contributed by atoms with Crippen molar-refractivity contribution in [3.05, 3.63) is 68.5 Å². The number of carbonyl (C=O) groups excluding carboxylic acids is 1. The number of nitrogens with zero attached hydrogens (tertiary/aromatic N) is 2. The first-order valence-electron chi connectivity index (χ1n) is 13.6. The van der Waals surface area contributed by atoms with Gasteiger partial charge in [0, 0.05) is 18.1 Å². The van der Waals surface area contributed by atoms with E-state index in [0.717, 1.165) is 37.9 Å². The molecule has 2 aromatic carbocycles. The molecule has 1 aliphatic heterocycles. The van der Waals surface area contributed by atoms with Crippen LogP contribution in [0.2, 0.25) is 5.02 Å². The minimum absolute atomic E-state index is 0.0900. The third-order valence-electron chi connectivity index (χ3n) is 7.07. The van der Waals surface area contributed by atoms with Gasteiger partial charge in [0.25, 0.3) is 5.91 Å². The largest absolute Gasteiger partial charge is 0.490 e. The average molecular weight is 541 g/mol. The van der Waals surface area contributed by atoms with Gasteiger partial charge in [0.2, 0.25) is 5.76 Å². The summed E-state index contributed by atoms with van der Waals surface area (Å²) < 4.78 is 18.0. The van der Waals surface area contributed by atoms with Gasteiger partial charge in [-0.15, -0.1) is 0 Å². The Kier molecular flexibility index (Phi) is 9.34. The van der Waals surface area contributed by atoms with Crippen molar-refractivity contribution in [1.29, 1.82) is 0 Å². The first kappa shape index (κ1) is 28.0. The zero-order valence-electron chi connectivity index (χ0n) is 22.7. The van der Waals surface area contributed by atoms with Gasteiger partial charge >= 0.3 is 0 Å². The molecule has 7 nitrogen and oxygen atoms in total. The van der Waals surface area contributed by atoms with Crippen LogP contribution in [0.1, 0.15) is 74.7 Å². The van der Waals surface area contributed by atoms with Crippen molar-refractivity contribution in [3.63, 3.8) is 0 Å². The fourth-order valence-electron chi connectivity index (χ4n) is 4.98. The molecule has 4 rings (SSSR count). The molecule has 0 fully saturated rings. The first-order valence-corrected chi connectivity index (χ1v) is 14.0. The van der Waals surface area contributed by atoms with Gasteiger partial charge in [0.1, 0.15) is 5.58 Å². The van der Waals surface area contributed by atoms with Gasteiger partial charge in [-0.3, -0.25) is 9.59 Å². The maximum Gasteiger partial charge on any atom is 0.290 e. The fraction of sp³-hybridized carbons (Fsp3) is 0.467. The number of halogens is 1. The van der Waals surface area contributed by atoms with Crippen LogP contribution in [-0.2, 0) is 0 Å². The SMILES string of the molecule is CCCCCOc1ccc(C2c3c(oc4ccc(Cl)cc4c3=O)C(=O)N2CCN(CC)CC)cc1OCC. The summed E-state index contributed by atoms with van der Waals surface area (Å²) in [7, 11) is 0. The predicted molar refractivity (Wildman–Crippen MR) is 151 cm³/mol. The van der Waals surface area contributed by atoms with Crippen molar-refractivity contribution in [3.8, 4) is 11.5 Å². The van der Waals surface area contributed by atoms with Crippen LogP contribution in [0, 0.1) is 0 Å². The van der Waals surface area contributed by atoms with Crippen molar-refractivity contribution in [2.75, 3.05) is 39.4 Å². The number of rotatable bonds is 13. The minimum Gasteiger partial charge on any atom is -0.490 e. The molecule has 204 valence electrons. The highest BCUT2D eigenvalue weighted by Crippen LogP contribution is 2.41. The molecule has 0 saturated heterocycles.